The topological polar surface area (TPSA) is 76.6 Å². The van der Waals surface area contributed by atoms with Crippen molar-refractivity contribution >= 4 is 17.5 Å². The first kappa shape index (κ1) is 20.2. The van der Waals surface area contributed by atoms with Crippen LogP contribution in [0.15, 0.2) is 35.1 Å². The minimum Gasteiger partial charge on any atom is -0.399 e. The summed E-state index contributed by atoms with van der Waals surface area (Å²) in [5, 5.41) is 0. The largest absolute Gasteiger partial charge is 0.413 e. The van der Waals surface area contributed by atoms with Crippen molar-refractivity contribution in [1.82, 2.24) is 9.55 Å². The lowest BCUT2D eigenvalue weighted by atomic mass is 10.00. The number of hydrogen-bond acceptors (Lipinski definition) is 6. The highest BCUT2D eigenvalue weighted by atomic mass is 19.4. The Balaban J connectivity index is 1.51. The maximum absolute atomic E-state index is 14.2. The van der Waals surface area contributed by atoms with Crippen LogP contribution in [0.5, 0.6) is 0 Å². The summed E-state index contributed by atoms with van der Waals surface area (Å²) in [7, 11) is 0. The molecule has 3 aliphatic rings. The van der Waals surface area contributed by atoms with Crippen molar-refractivity contribution in [1.29, 1.82) is 0 Å². The molecule has 0 amide bonds. The molecular weight excluding hydrogens is 411 g/mol. The van der Waals surface area contributed by atoms with Gasteiger partial charge in [0.25, 0.3) is 5.56 Å². The van der Waals surface area contributed by atoms with Gasteiger partial charge in [-0.15, -0.1) is 0 Å². The first-order chi connectivity index (χ1) is 14.7. The summed E-state index contributed by atoms with van der Waals surface area (Å²) in [6.07, 6.45) is -3.23. The number of morpholine rings is 1. The molecule has 2 fully saturated rings. The minimum atomic E-state index is -4.53. The number of ether oxygens (including phenoxy) is 1. The van der Waals surface area contributed by atoms with Crippen LogP contribution in [0.4, 0.5) is 30.6 Å². The molecule has 1 aromatic carbocycles. The number of halogens is 3. The average molecular weight is 435 g/mol. The fraction of sp³-hybridized carbons (Fsp3) is 0.524. The molecule has 7 nitrogen and oxygen atoms in total. The predicted octanol–water partition coefficient (Wildman–Crippen LogP) is 2.19. The molecular formula is C21H24F3N5O2. The summed E-state index contributed by atoms with van der Waals surface area (Å²) in [5.74, 6) is 0.498. The van der Waals surface area contributed by atoms with Gasteiger partial charge in [-0.1, -0.05) is 12.1 Å². The molecule has 10 heteroatoms. The number of aromatic nitrogens is 2. The third-order valence-corrected chi connectivity index (χ3v) is 6.69. The van der Waals surface area contributed by atoms with Crippen LogP contribution in [0.2, 0.25) is 0 Å². The Morgan fingerprint density at radius 1 is 1.29 bits per heavy atom. The zero-order valence-corrected chi connectivity index (χ0v) is 17.1. The number of rotatable bonds is 4. The monoisotopic (exact) mass is 435 g/mol. The molecule has 31 heavy (non-hydrogen) atoms. The van der Waals surface area contributed by atoms with Crippen LogP contribution < -0.4 is 21.1 Å². The zero-order chi connectivity index (χ0) is 22.0. The van der Waals surface area contributed by atoms with Crippen molar-refractivity contribution in [2.24, 2.45) is 0 Å². The van der Waals surface area contributed by atoms with Crippen molar-refractivity contribution in [3.8, 4) is 0 Å². The van der Waals surface area contributed by atoms with Gasteiger partial charge < -0.3 is 20.3 Å². The van der Waals surface area contributed by atoms with Gasteiger partial charge in [-0.2, -0.15) is 18.2 Å². The molecule has 2 N–H and O–H groups in total. The molecule has 1 aromatic heterocycles. The van der Waals surface area contributed by atoms with Gasteiger partial charge >= 0.3 is 6.18 Å². The van der Waals surface area contributed by atoms with Gasteiger partial charge in [0, 0.05) is 24.8 Å². The van der Waals surface area contributed by atoms with Gasteiger partial charge in [-0.3, -0.25) is 9.36 Å². The number of benzene rings is 1. The Morgan fingerprint density at radius 2 is 2.03 bits per heavy atom. The van der Waals surface area contributed by atoms with Crippen LogP contribution in [0.1, 0.15) is 18.9 Å². The summed E-state index contributed by atoms with van der Waals surface area (Å²) in [5.41, 5.74) is 4.49. The van der Waals surface area contributed by atoms with E-state index >= 15 is 0 Å². The zero-order valence-electron chi connectivity index (χ0n) is 17.1. The Bertz CT molecular complexity index is 1050. The van der Waals surface area contributed by atoms with Gasteiger partial charge in [0.2, 0.25) is 5.95 Å². The highest BCUT2D eigenvalue weighted by Crippen LogP contribution is 2.43. The van der Waals surface area contributed by atoms with E-state index in [1.54, 1.807) is 24.3 Å². The second-order valence-corrected chi connectivity index (χ2v) is 8.75. The van der Waals surface area contributed by atoms with E-state index in [0.717, 1.165) is 23.5 Å². The number of anilines is 3. The van der Waals surface area contributed by atoms with E-state index in [9.17, 15) is 18.0 Å². The van der Waals surface area contributed by atoms with E-state index in [0.29, 0.717) is 31.1 Å². The second-order valence-electron chi connectivity index (χ2n) is 8.75. The summed E-state index contributed by atoms with van der Waals surface area (Å²) >= 11 is 0. The highest BCUT2D eigenvalue weighted by Gasteiger charge is 2.59. The van der Waals surface area contributed by atoms with E-state index in [1.807, 2.05) is 4.90 Å². The fourth-order valence-corrected chi connectivity index (χ4v) is 4.79. The quantitative estimate of drug-likeness (QED) is 0.742. The van der Waals surface area contributed by atoms with Gasteiger partial charge in [0.1, 0.15) is 5.82 Å². The first-order valence-electron chi connectivity index (χ1n) is 10.3. The van der Waals surface area contributed by atoms with Crippen molar-refractivity contribution < 1.29 is 17.9 Å². The maximum atomic E-state index is 14.2. The van der Waals surface area contributed by atoms with E-state index in [-0.39, 0.29) is 24.6 Å². The number of nitrogens with two attached hydrogens (primary N) is 1. The van der Waals surface area contributed by atoms with Gasteiger partial charge in [-0.25, -0.2) is 0 Å². The normalized spacial score (nSPS) is 27.2. The van der Waals surface area contributed by atoms with Gasteiger partial charge in [0.05, 0.1) is 25.3 Å². The van der Waals surface area contributed by atoms with Crippen LogP contribution in [-0.2, 0) is 17.7 Å². The summed E-state index contributed by atoms with van der Waals surface area (Å²) < 4.78 is 49.2. The molecule has 0 spiro atoms. The fourth-order valence-electron chi connectivity index (χ4n) is 4.79. The number of nitrogens with zero attached hydrogens (tertiary/aromatic N) is 4. The third-order valence-electron chi connectivity index (χ3n) is 6.69. The molecule has 3 aliphatic heterocycles. The minimum absolute atomic E-state index is 0.0708. The van der Waals surface area contributed by atoms with Crippen LogP contribution in [0.3, 0.4) is 0 Å². The smallest absolute Gasteiger partial charge is 0.399 e. The lowest BCUT2D eigenvalue weighted by Gasteiger charge is -2.37. The van der Waals surface area contributed by atoms with Crippen LogP contribution in [0.25, 0.3) is 0 Å². The molecule has 5 rings (SSSR count). The van der Waals surface area contributed by atoms with E-state index in [2.05, 4.69) is 4.98 Å². The van der Waals surface area contributed by atoms with Crippen LogP contribution in [-0.4, -0.2) is 53.1 Å². The Morgan fingerprint density at radius 3 is 2.65 bits per heavy atom. The van der Waals surface area contributed by atoms with Crippen molar-refractivity contribution in [3.63, 3.8) is 0 Å². The number of nitrogen functional groups attached to an aromatic ring is 1. The molecule has 2 saturated heterocycles. The Labute approximate surface area is 177 Å². The van der Waals surface area contributed by atoms with Crippen LogP contribution >= 0.6 is 0 Å². The van der Waals surface area contributed by atoms with Gasteiger partial charge in [0.15, 0.2) is 5.54 Å². The summed E-state index contributed by atoms with van der Waals surface area (Å²) in [4.78, 5) is 20.6. The van der Waals surface area contributed by atoms with Crippen molar-refractivity contribution in [2.45, 2.75) is 50.2 Å². The molecule has 0 radical (unpaired) electrons. The lowest BCUT2D eigenvalue weighted by molar-refractivity contribution is -0.182. The molecule has 0 saturated carbocycles. The Kier molecular flexibility index (Phi) is 4.47. The molecule has 166 valence electrons. The van der Waals surface area contributed by atoms with E-state index < -0.39 is 23.8 Å². The predicted molar refractivity (Wildman–Crippen MR) is 110 cm³/mol. The molecule has 3 atom stereocenters. The third kappa shape index (κ3) is 3.24. The number of fused-ring (bicyclic) bond motifs is 3. The van der Waals surface area contributed by atoms with Gasteiger partial charge in [-0.05, 0) is 37.5 Å². The van der Waals surface area contributed by atoms with Crippen LogP contribution in [0, 0.1) is 0 Å². The maximum Gasteiger partial charge on any atom is 0.413 e. The molecule has 1 unspecified atom stereocenters. The number of alkyl halides is 3. The number of hydrogen-bond donors (Lipinski definition) is 1. The summed E-state index contributed by atoms with van der Waals surface area (Å²) in [6, 6.07) is 8.51. The standard InChI is InChI=1S/C21H24F3N5O2/c1-20(21(22,23)24)12-28-18(30)9-17(27-10-16-8-15(27)11-31-16)26-19(28)29(20)7-6-13-2-4-14(25)5-3-13/h2-5,9,15-16H,6-8,10-12,25H2,1H3/t15-,16-,20?/m0/s1. The lowest BCUT2D eigenvalue weighted by Crippen LogP contribution is -2.56. The van der Waals surface area contributed by atoms with Crippen molar-refractivity contribution in [2.75, 3.05) is 35.2 Å². The van der Waals surface area contributed by atoms with E-state index in [4.69, 9.17) is 10.5 Å². The summed E-state index contributed by atoms with van der Waals surface area (Å²) in [6.45, 7) is 1.88. The molecule has 2 bridgehead atoms. The van der Waals surface area contributed by atoms with E-state index in [1.165, 1.54) is 11.0 Å². The first-order valence-corrected chi connectivity index (χ1v) is 10.3. The molecule has 4 heterocycles. The average Bonchev–Trinajstić information content (AvgIpc) is 3.41. The Hall–Kier alpha value is -2.75. The molecule has 0 aliphatic carbocycles. The second kappa shape index (κ2) is 6.88. The SMILES string of the molecule is CC1(C(F)(F)F)Cn2c(nc(N3C[C@@H]4C[C@H]3CO4)cc2=O)N1CCc1ccc(N)cc1. The highest BCUT2D eigenvalue weighted by molar-refractivity contribution is 5.51. The van der Waals surface area contributed by atoms with Crippen molar-refractivity contribution in [3.05, 3.63) is 46.2 Å². The molecule has 2 aromatic rings.